The molecule has 0 spiro atoms. The summed E-state index contributed by atoms with van der Waals surface area (Å²) in [6, 6.07) is 0. The van der Waals surface area contributed by atoms with Gasteiger partial charge in [0.1, 0.15) is 5.82 Å². The maximum atomic E-state index is 5.27. The predicted molar refractivity (Wildman–Crippen MR) is 56.5 cm³/mol. The van der Waals surface area contributed by atoms with E-state index in [4.69, 9.17) is 4.52 Å². The molecular formula is C11H13N3O. The third-order valence-corrected chi connectivity index (χ3v) is 2.50. The Bertz CT molecular complexity index is 503. The highest BCUT2D eigenvalue weighted by Gasteiger charge is 2.14. The van der Waals surface area contributed by atoms with Crippen LogP contribution in [0.1, 0.15) is 22.8 Å². The molecule has 0 amide bonds. The van der Waals surface area contributed by atoms with Crippen LogP contribution in [-0.2, 0) is 0 Å². The molecule has 15 heavy (non-hydrogen) atoms. The van der Waals surface area contributed by atoms with Crippen molar-refractivity contribution in [3.05, 3.63) is 29.0 Å². The monoisotopic (exact) mass is 203 g/mol. The van der Waals surface area contributed by atoms with Gasteiger partial charge in [-0.3, -0.25) is 0 Å². The molecule has 0 aliphatic carbocycles. The average molecular weight is 203 g/mol. The summed E-state index contributed by atoms with van der Waals surface area (Å²) in [6.45, 7) is 7.73. The second-order valence-electron chi connectivity index (χ2n) is 3.64. The van der Waals surface area contributed by atoms with Crippen molar-refractivity contribution in [1.29, 1.82) is 0 Å². The van der Waals surface area contributed by atoms with Crippen LogP contribution < -0.4 is 0 Å². The minimum Gasteiger partial charge on any atom is -0.356 e. The minimum atomic E-state index is 0.769. The van der Waals surface area contributed by atoms with Crippen molar-refractivity contribution >= 4 is 0 Å². The van der Waals surface area contributed by atoms with Crippen molar-refractivity contribution in [3.63, 3.8) is 0 Å². The largest absolute Gasteiger partial charge is 0.356 e. The zero-order valence-corrected chi connectivity index (χ0v) is 9.33. The molecule has 2 aromatic heterocycles. The van der Waals surface area contributed by atoms with Gasteiger partial charge in [-0.1, -0.05) is 5.16 Å². The van der Waals surface area contributed by atoms with Gasteiger partial charge in [-0.05, 0) is 27.7 Å². The lowest BCUT2D eigenvalue weighted by molar-refractivity contribution is 0.426. The van der Waals surface area contributed by atoms with E-state index in [0.717, 1.165) is 34.1 Å². The summed E-state index contributed by atoms with van der Waals surface area (Å²) >= 11 is 0. The first kappa shape index (κ1) is 9.83. The van der Waals surface area contributed by atoms with Gasteiger partial charge >= 0.3 is 0 Å². The summed E-state index contributed by atoms with van der Waals surface area (Å²) in [7, 11) is 0. The van der Waals surface area contributed by atoms with Gasteiger partial charge in [-0.25, -0.2) is 9.97 Å². The first-order valence-corrected chi connectivity index (χ1v) is 4.83. The Balaban J connectivity index is 2.59. The summed E-state index contributed by atoms with van der Waals surface area (Å²) in [5.74, 6) is 1.54. The first-order valence-electron chi connectivity index (χ1n) is 4.83. The molecule has 0 radical (unpaired) electrons. The summed E-state index contributed by atoms with van der Waals surface area (Å²) < 4.78 is 5.27. The highest BCUT2D eigenvalue weighted by atomic mass is 16.5. The Morgan fingerprint density at radius 1 is 1.07 bits per heavy atom. The van der Waals surface area contributed by atoms with Gasteiger partial charge < -0.3 is 4.52 Å². The number of rotatable bonds is 1. The van der Waals surface area contributed by atoms with Crippen LogP contribution in [0.4, 0.5) is 0 Å². The fourth-order valence-electron chi connectivity index (χ4n) is 1.47. The van der Waals surface area contributed by atoms with Crippen LogP contribution in [0.2, 0.25) is 0 Å². The molecule has 2 aromatic rings. The Labute approximate surface area is 88.4 Å². The molecular weight excluding hydrogens is 190 g/mol. The third-order valence-electron chi connectivity index (χ3n) is 2.50. The smallest absolute Gasteiger partial charge is 0.173 e. The van der Waals surface area contributed by atoms with Crippen molar-refractivity contribution in [2.24, 2.45) is 0 Å². The third kappa shape index (κ3) is 1.63. The van der Waals surface area contributed by atoms with E-state index in [0.29, 0.717) is 0 Å². The fraction of sp³-hybridized carbons (Fsp3) is 0.364. The van der Waals surface area contributed by atoms with Gasteiger partial charge in [0.05, 0.1) is 17.0 Å². The molecule has 0 aliphatic heterocycles. The van der Waals surface area contributed by atoms with Crippen LogP contribution in [0.25, 0.3) is 11.3 Å². The number of hydrogen-bond acceptors (Lipinski definition) is 4. The van der Waals surface area contributed by atoms with Gasteiger partial charge in [-0.15, -0.1) is 0 Å². The second-order valence-corrected chi connectivity index (χ2v) is 3.64. The van der Waals surface area contributed by atoms with E-state index in [1.54, 1.807) is 6.20 Å². The zero-order valence-electron chi connectivity index (χ0n) is 9.33. The Morgan fingerprint density at radius 3 is 2.33 bits per heavy atom. The molecule has 0 saturated carbocycles. The van der Waals surface area contributed by atoms with Crippen LogP contribution in [-0.4, -0.2) is 15.1 Å². The number of aryl methyl sites for hydroxylation is 3. The summed E-state index contributed by atoms with van der Waals surface area (Å²) in [5.41, 5.74) is 3.79. The van der Waals surface area contributed by atoms with Gasteiger partial charge in [0, 0.05) is 11.8 Å². The van der Waals surface area contributed by atoms with Gasteiger partial charge in [-0.2, -0.15) is 0 Å². The summed E-state index contributed by atoms with van der Waals surface area (Å²) in [6.07, 6.45) is 1.78. The van der Waals surface area contributed by atoms with Crippen molar-refractivity contribution in [3.8, 4) is 11.3 Å². The summed E-state index contributed by atoms with van der Waals surface area (Å²) in [5, 5.41) is 3.93. The maximum Gasteiger partial charge on any atom is 0.173 e. The molecule has 2 heterocycles. The molecule has 0 aliphatic rings. The molecule has 4 nitrogen and oxygen atoms in total. The van der Waals surface area contributed by atoms with Gasteiger partial charge in [0.2, 0.25) is 0 Å². The quantitative estimate of drug-likeness (QED) is 0.714. The molecule has 78 valence electrons. The lowest BCUT2D eigenvalue weighted by Crippen LogP contribution is -1.94. The highest BCUT2D eigenvalue weighted by Crippen LogP contribution is 2.26. The Morgan fingerprint density at radius 2 is 1.80 bits per heavy atom. The van der Waals surface area contributed by atoms with Gasteiger partial charge in [0.25, 0.3) is 0 Å². The average Bonchev–Trinajstić information content (AvgIpc) is 2.49. The minimum absolute atomic E-state index is 0.769. The van der Waals surface area contributed by atoms with E-state index >= 15 is 0 Å². The molecule has 2 rings (SSSR count). The number of nitrogens with zero attached hydrogens (tertiary/aromatic N) is 3. The molecule has 4 heteroatoms. The van der Waals surface area contributed by atoms with Crippen molar-refractivity contribution in [2.75, 3.05) is 0 Å². The molecule has 0 bridgehead atoms. The van der Waals surface area contributed by atoms with E-state index in [-0.39, 0.29) is 0 Å². The lowest BCUT2D eigenvalue weighted by Gasteiger charge is -2.02. The van der Waals surface area contributed by atoms with Crippen LogP contribution in [0, 0.1) is 27.7 Å². The van der Waals surface area contributed by atoms with Crippen LogP contribution in [0.15, 0.2) is 10.7 Å². The normalized spacial score (nSPS) is 10.7. The topological polar surface area (TPSA) is 51.8 Å². The molecule has 0 atom stereocenters. The van der Waals surface area contributed by atoms with Crippen molar-refractivity contribution in [2.45, 2.75) is 27.7 Å². The second kappa shape index (κ2) is 3.46. The summed E-state index contributed by atoms with van der Waals surface area (Å²) in [4.78, 5) is 8.47. The van der Waals surface area contributed by atoms with E-state index in [1.807, 2.05) is 27.7 Å². The number of hydrogen-bond donors (Lipinski definition) is 0. The van der Waals surface area contributed by atoms with Crippen molar-refractivity contribution < 1.29 is 4.52 Å². The SMILES string of the molecule is Cc1ncc(-c2onc(C)c2C)c(C)n1. The van der Waals surface area contributed by atoms with E-state index in [1.165, 1.54) is 0 Å². The maximum absolute atomic E-state index is 5.27. The van der Waals surface area contributed by atoms with Crippen LogP contribution in [0.3, 0.4) is 0 Å². The molecule has 0 unspecified atom stereocenters. The highest BCUT2D eigenvalue weighted by molar-refractivity contribution is 5.62. The molecule has 0 fully saturated rings. The van der Waals surface area contributed by atoms with Crippen LogP contribution >= 0.6 is 0 Å². The first-order chi connectivity index (χ1) is 7.09. The number of aromatic nitrogens is 3. The van der Waals surface area contributed by atoms with E-state index in [2.05, 4.69) is 15.1 Å². The molecule has 0 aromatic carbocycles. The molecule has 0 saturated heterocycles. The van der Waals surface area contributed by atoms with E-state index in [9.17, 15) is 0 Å². The Hall–Kier alpha value is -1.71. The van der Waals surface area contributed by atoms with Crippen LogP contribution in [0.5, 0.6) is 0 Å². The standard InChI is InChI=1S/C11H13N3O/c1-6-7(2)14-15-11(6)10-5-12-9(4)13-8(10)3/h5H,1-4H3. The zero-order chi connectivity index (χ0) is 11.0. The van der Waals surface area contributed by atoms with E-state index < -0.39 is 0 Å². The van der Waals surface area contributed by atoms with Crippen molar-refractivity contribution in [1.82, 2.24) is 15.1 Å². The fourth-order valence-corrected chi connectivity index (χ4v) is 1.47. The Kier molecular flexibility index (Phi) is 2.26. The lowest BCUT2D eigenvalue weighted by atomic mass is 10.1. The molecule has 0 N–H and O–H groups in total. The van der Waals surface area contributed by atoms with Gasteiger partial charge in [0.15, 0.2) is 5.76 Å². The predicted octanol–water partition coefficient (Wildman–Crippen LogP) is 2.37.